The van der Waals surface area contributed by atoms with E-state index in [1.54, 1.807) is 0 Å². The summed E-state index contributed by atoms with van der Waals surface area (Å²) >= 11 is 0. The van der Waals surface area contributed by atoms with Gasteiger partial charge in [-0.15, -0.1) is 0 Å². The van der Waals surface area contributed by atoms with Gasteiger partial charge in [-0.05, 0) is 43.5 Å². The molecular weight excluding hydrogens is 318 g/mol. The molecule has 0 aromatic heterocycles. The molecule has 1 aliphatic rings. The van der Waals surface area contributed by atoms with Crippen molar-refractivity contribution in [2.75, 3.05) is 19.6 Å². The second-order valence-corrected chi connectivity index (χ2v) is 6.64. The maximum atomic E-state index is 11.9. The highest BCUT2D eigenvalue weighted by Crippen LogP contribution is 2.13. The van der Waals surface area contributed by atoms with E-state index >= 15 is 0 Å². The Kier molecular flexibility index (Phi) is 7.88. The van der Waals surface area contributed by atoms with Gasteiger partial charge in [-0.25, -0.2) is 0 Å². The van der Waals surface area contributed by atoms with Gasteiger partial charge in [0.25, 0.3) is 0 Å². The van der Waals surface area contributed by atoms with Gasteiger partial charge < -0.3 is 10.4 Å². The summed E-state index contributed by atoms with van der Waals surface area (Å²) < 4.78 is 0. The van der Waals surface area contributed by atoms with E-state index in [4.69, 9.17) is 5.11 Å². The number of carbonyl (C=O) groups excluding carboxylic acids is 1. The highest BCUT2D eigenvalue weighted by atomic mass is 16.4. The highest BCUT2D eigenvalue weighted by Gasteiger charge is 2.16. The predicted octanol–water partition coefficient (Wildman–Crippen LogP) is 1.74. The molecule has 0 spiro atoms. The summed E-state index contributed by atoms with van der Waals surface area (Å²) in [5.41, 5.74) is 2.34. The van der Waals surface area contributed by atoms with Crippen molar-refractivity contribution >= 4 is 11.9 Å². The van der Waals surface area contributed by atoms with Crippen LogP contribution in [0.3, 0.4) is 0 Å². The molecule has 1 unspecified atom stereocenters. The van der Waals surface area contributed by atoms with Gasteiger partial charge in [0, 0.05) is 13.1 Å². The Bertz CT molecular complexity index is 554. The van der Waals surface area contributed by atoms with Crippen LogP contribution in [0.15, 0.2) is 24.3 Å². The van der Waals surface area contributed by atoms with Gasteiger partial charge in [-0.3, -0.25) is 19.8 Å². The average molecular weight is 347 g/mol. The van der Waals surface area contributed by atoms with Crippen molar-refractivity contribution in [3.63, 3.8) is 0 Å². The number of aliphatic carboxylic acids is 1. The third-order valence-electron chi connectivity index (χ3n) is 4.50. The molecule has 1 aromatic carbocycles. The topological polar surface area (TPSA) is 81.7 Å². The molecule has 1 amide bonds. The number of carboxylic acid groups (broad SMARTS) is 1. The van der Waals surface area contributed by atoms with Crippen LogP contribution in [0.1, 0.15) is 43.7 Å². The Morgan fingerprint density at radius 2 is 1.80 bits per heavy atom. The number of nitrogens with one attached hydrogen (secondary N) is 2. The van der Waals surface area contributed by atoms with Crippen molar-refractivity contribution in [1.82, 2.24) is 15.5 Å². The standard InChI is InChI=1S/C19H29N3O3/c1-2-5-17(19(24)25)20-13-18(23)21-12-15-6-8-16(9-7-15)14-22-10-3-4-11-22/h6-9,17,20H,2-5,10-14H2,1H3,(H,21,23)(H,24,25). The fourth-order valence-electron chi connectivity index (χ4n) is 3.04. The molecule has 1 aromatic rings. The first-order chi connectivity index (χ1) is 12.1. The number of likely N-dealkylation sites (tertiary alicyclic amines) is 1. The predicted molar refractivity (Wildman–Crippen MR) is 97.1 cm³/mol. The normalized spacial score (nSPS) is 15.9. The molecule has 0 saturated carbocycles. The summed E-state index contributed by atoms with van der Waals surface area (Å²) in [5.74, 6) is -1.10. The van der Waals surface area contributed by atoms with Crippen LogP contribution in [0.5, 0.6) is 0 Å². The lowest BCUT2D eigenvalue weighted by Crippen LogP contribution is -2.42. The summed E-state index contributed by atoms with van der Waals surface area (Å²) in [5, 5.41) is 14.7. The minimum Gasteiger partial charge on any atom is -0.480 e. The van der Waals surface area contributed by atoms with Crippen molar-refractivity contribution < 1.29 is 14.7 Å². The highest BCUT2D eigenvalue weighted by molar-refractivity contribution is 5.79. The van der Waals surface area contributed by atoms with Gasteiger partial charge in [0.05, 0.1) is 6.54 Å². The van der Waals surface area contributed by atoms with E-state index in [0.29, 0.717) is 13.0 Å². The summed E-state index contributed by atoms with van der Waals surface area (Å²) in [6, 6.07) is 7.63. The molecule has 25 heavy (non-hydrogen) atoms. The van der Waals surface area contributed by atoms with E-state index in [1.165, 1.54) is 31.5 Å². The zero-order chi connectivity index (χ0) is 18.1. The largest absolute Gasteiger partial charge is 0.480 e. The Labute approximate surface area is 149 Å². The van der Waals surface area contributed by atoms with Gasteiger partial charge >= 0.3 is 5.97 Å². The van der Waals surface area contributed by atoms with Crippen molar-refractivity contribution in [3.8, 4) is 0 Å². The van der Waals surface area contributed by atoms with Crippen LogP contribution in [-0.2, 0) is 22.7 Å². The lowest BCUT2D eigenvalue weighted by Gasteiger charge is -2.15. The van der Waals surface area contributed by atoms with E-state index in [1.807, 2.05) is 19.1 Å². The van der Waals surface area contributed by atoms with Crippen molar-refractivity contribution in [1.29, 1.82) is 0 Å². The Morgan fingerprint density at radius 3 is 2.40 bits per heavy atom. The van der Waals surface area contributed by atoms with E-state index in [2.05, 4.69) is 27.7 Å². The molecule has 138 valence electrons. The lowest BCUT2D eigenvalue weighted by atomic mass is 10.1. The first-order valence-electron chi connectivity index (χ1n) is 9.11. The summed E-state index contributed by atoms with van der Waals surface area (Å²) in [6.45, 7) is 5.75. The lowest BCUT2D eigenvalue weighted by molar-refractivity contribution is -0.139. The maximum Gasteiger partial charge on any atom is 0.320 e. The number of benzene rings is 1. The summed E-state index contributed by atoms with van der Waals surface area (Å²) in [4.78, 5) is 25.4. The number of amides is 1. The minimum absolute atomic E-state index is 0.0179. The molecule has 0 radical (unpaired) electrons. The second-order valence-electron chi connectivity index (χ2n) is 6.64. The molecule has 0 bridgehead atoms. The van der Waals surface area contributed by atoms with Crippen LogP contribution in [0.4, 0.5) is 0 Å². The van der Waals surface area contributed by atoms with E-state index in [-0.39, 0.29) is 12.5 Å². The number of rotatable bonds is 10. The molecule has 1 fully saturated rings. The third kappa shape index (κ3) is 6.84. The number of hydrogen-bond donors (Lipinski definition) is 3. The molecule has 1 atom stereocenters. The molecule has 0 aliphatic carbocycles. The van der Waals surface area contributed by atoms with Gasteiger partial charge in [-0.2, -0.15) is 0 Å². The Morgan fingerprint density at radius 1 is 1.16 bits per heavy atom. The second kappa shape index (κ2) is 10.2. The van der Waals surface area contributed by atoms with Crippen LogP contribution in [0.2, 0.25) is 0 Å². The quantitative estimate of drug-likeness (QED) is 0.601. The smallest absolute Gasteiger partial charge is 0.320 e. The van der Waals surface area contributed by atoms with Crippen molar-refractivity contribution in [3.05, 3.63) is 35.4 Å². The maximum absolute atomic E-state index is 11.9. The van der Waals surface area contributed by atoms with Crippen molar-refractivity contribution in [2.24, 2.45) is 0 Å². The monoisotopic (exact) mass is 347 g/mol. The number of hydrogen-bond acceptors (Lipinski definition) is 4. The summed E-state index contributed by atoms with van der Waals surface area (Å²) in [7, 11) is 0. The fourth-order valence-corrected chi connectivity index (χ4v) is 3.04. The molecule has 3 N–H and O–H groups in total. The van der Waals surface area contributed by atoms with Gasteiger partial charge in [0.1, 0.15) is 6.04 Å². The molecular formula is C19H29N3O3. The first-order valence-corrected chi connectivity index (χ1v) is 9.11. The molecule has 6 heteroatoms. The SMILES string of the molecule is CCCC(NCC(=O)NCc1ccc(CN2CCCC2)cc1)C(=O)O. The van der Waals surface area contributed by atoms with Crippen LogP contribution in [-0.4, -0.2) is 47.6 Å². The first kappa shape index (κ1) is 19.4. The van der Waals surface area contributed by atoms with Crippen molar-refractivity contribution in [2.45, 2.75) is 51.7 Å². The Hall–Kier alpha value is -1.92. The van der Waals surface area contributed by atoms with E-state index in [9.17, 15) is 9.59 Å². The number of carbonyl (C=O) groups is 2. The zero-order valence-corrected chi connectivity index (χ0v) is 15.0. The molecule has 2 rings (SSSR count). The van der Waals surface area contributed by atoms with Gasteiger partial charge in [0.2, 0.25) is 5.91 Å². The average Bonchev–Trinajstić information content (AvgIpc) is 3.10. The van der Waals surface area contributed by atoms with Gasteiger partial charge in [0.15, 0.2) is 0 Å². The fraction of sp³-hybridized carbons (Fsp3) is 0.579. The van der Waals surface area contributed by atoms with Gasteiger partial charge in [-0.1, -0.05) is 37.6 Å². The summed E-state index contributed by atoms with van der Waals surface area (Å²) in [6.07, 6.45) is 3.86. The molecule has 1 saturated heterocycles. The van der Waals surface area contributed by atoms with Crippen LogP contribution in [0.25, 0.3) is 0 Å². The van der Waals surface area contributed by atoms with Crippen LogP contribution >= 0.6 is 0 Å². The number of nitrogens with zero attached hydrogens (tertiary/aromatic N) is 1. The van der Waals surface area contributed by atoms with E-state index in [0.717, 1.165) is 18.5 Å². The van der Waals surface area contributed by atoms with Crippen LogP contribution in [0, 0.1) is 0 Å². The molecule has 1 aliphatic heterocycles. The molecule has 6 nitrogen and oxygen atoms in total. The Balaban J connectivity index is 1.71. The molecule has 1 heterocycles. The van der Waals surface area contributed by atoms with Crippen LogP contribution < -0.4 is 10.6 Å². The minimum atomic E-state index is -0.914. The van der Waals surface area contributed by atoms with E-state index < -0.39 is 12.0 Å². The number of carboxylic acids is 1. The third-order valence-corrected chi connectivity index (χ3v) is 4.50. The zero-order valence-electron chi connectivity index (χ0n) is 15.0.